The van der Waals surface area contributed by atoms with Crippen LogP contribution in [-0.2, 0) is 22.4 Å². The SMILES string of the molecule is Cc1cc(C(F)(F)F)nn1C/C(N)=N\OC(=O)C[C@H]1C[C@@H]2CC[C@@H]1C2. The van der Waals surface area contributed by atoms with Crippen LogP contribution in [0.2, 0.25) is 0 Å². The molecule has 0 amide bonds. The summed E-state index contributed by atoms with van der Waals surface area (Å²) in [7, 11) is 0. The predicted molar refractivity (Wildman–Crippen MR) is 83.2 cm³/mol. The summed E-state index contributed by atoms with van der Waals surface area (Å²) in [6.45, 7) is 1.31. The first-order valence-electron chi connectivity index (χ1n) is 8.36. The van der Waals surface area contributed by atoms with E-state index < -0.39 is 17.8 Å². The highest BCUT2D eigenvalue weighted by molar-refractivity contribution is 5.80. The third-order valence-corrected chi connectivity index (χ3v) is 5.16. The van der Waals surface area contributed by atoms with Crippen LogP contribution in [-0.4, -0.2) is 21.6 Å². The maximum Gasteiger partial charge on any atom is 0.435 e. The molecule has 1 aromatic rings. The van der Waals surface area contributed by atoms with Crippen LogP contribution in [0.15, 0.2) is 11.2 Å². The molecule has 2 fully saturated rings. The van der Waals surface area contributed by atoms with Crippen molar-refractivity contribution in [2.45, 2.75) is 51.7 Å². The van der Waals surface area contributed by atoms with Gasteiger partial charge in [0.1, 0.15) is 6.54 Å². The third-order valence-electron chi connectivity index (χ3n) is 5.16. The molecule has 0 radical (unpaired) electrons. The van der Waals surface area contributed by atoms with Crippen molar-refractivity contribution in [3.05, 3.63) is 17.5 Å². The number of halogens is 3. The quantitative estimate of drug-likeness (QED) is 0.380. The van der Waals surface area contributed by atoms with Gasteiger partial charge in [-0.2, -0.15) is 18.3 Å². The van der Waals surface area contributed by atoms with Gasteiger partial charge in [-0.05, 0) is 50.0 Å². The van der Waals surface area contributed by atoms with Gasteiger partial charge in [0.25, 0.3) is 0 Å². The Bertz CT molecular complexity index is 683. The van der Waals surface area contributed by atoms with Crippen molar-refractivity contribution in [3.8, 4) is 0 Å². The molecular formula is C16H21F3N4O2. The Morgan fingerprint density at radius 3 is 2.76 bits per heavy atom. The number of rotatable bonds is 5. The lowest BCUT2D eigenvalue weighted by molar-refractivity contribution is -0.145. The van der Waals surface area contributed by atoms with Crippen LogP contribution in [0.3, 0.4) is 0 Å². The maximum atomic E-state index is 12.6. The predicted octanol–water partition coefficient (Wildman–Crippen LogP) is 2.85. The first kappa shape index (κ1) is 17.8. The first-order chi connectivity index (χ1) is 11.7. The highest BCUT2D eigenvalue weighted by atomic mass is 19.4. The number of carbonyl (C=O) groups excluding carboxylic acids is 1. The van der Waals surface area contributed by atoms with E-state index in [1.165, 1.54) is 26.2 Å². The average molecular weight is 358 g/mol. The molecule has 2 aliphatic rings. The van der Waals surface area contributed by atoms with Gasteiger partial charge in [0.15, 0.2) is 11.5 Å². The van der Waals surface area contributed by atoms with Gasteiger partial charge in [0.2, 0.25) is 0 Å². The zero-order chi connectivity index (χ0) is 18.2. The summed E-state index contributed by atoms with van der Waals surface area (Å²) in [5.74, 6) is 1.13. The maximum absolute atomic E-state index is 12.6. The molecule has 2 saturated carbocycles. The summed E-state index contributed by atoms with van der Waals surface area (Å²) in [6.07, 6.45) is 0.486. The molecule has 2 N–H and O–H groups in total. The van der Waals surface area contributed by atoms with Crippen molar-refractivity contribution in [1.29, 1.82) is 0 Å². The number of fused-ring (bicyclic) bond motifs is 2. The van der Waals surface area contributed by atoms with E-state index in [2.05, 4.69) is 10.3 Å². The zero-order valence-corrected chi connectivity index (χ0v) is 13.9. The van der Waals surface area contributed by atoms with Crippen LogP contribution in [0.25, 0.3) is 0 Å². The Morgan fingerprint density at radius 2 is 2.20 bits per heavy atom. The molecular weight excluding hydrogens is 337 g/mol. The lowest BCUT2D eigenvalue weighted by Crippen LogP contribution is -2.23. The second-order valence-corrected chi connectivity index (χ2v) is 7.01. The minimum absolute atomic E-state index is 0.110. The number of hydrogen-bond acceptors (Lipinski definition) is 4. The summed E-state index contributed by atoms with van der Waals surface area (Å²) >= 11 is 0. The highest BCUT2D eigenvalue weighted by Gasteiger charge is 2.40. The number of hydrogen-bond donors (Lipinski definition) is 1. The normalized spacial score (nSPS) is 26.2. The third kappa shape index (κ3) is 4.13. The van der Waals surface area contributed by atoms with Crippen LogP contribution in [0.1, 0.15) is 43.5 Å². The van der Waals surface area contributed by atoms with Gasteiger partial charge in [-0.3, -0.25) is 4.68 Å². The molecule has 6 nitrogen and oxygen atoms in total. The van der Waals surface area contributed by atoms with Crippen molar-refractivity contribution < 1.29 is 22.8 Å². The fourth-order valence-electron chi connectivity index (χ4n) is 3.98. The first-order valence-corrected chi connectivity index (χ1v) is 8.36. The van der Waals surface area contributed by atoms with Crippen LogP contribution in [0.5, 0.6) is 0 Å². The van der Waals surface area contributed by atoms with Gasteiger partial charge < -0.3 is 10.6 Å². The molecule has 138 valence electrons. The van der Waals surface area contributed by atoms with Crippen molar-refractivity contribution in [2.75, 3.05) is 0 Å². The van der Waals surface area contributed by atoms with Gasteiger partial charge in [0.05, 0.1) is 6.42 Å². The number of amidine groups is 1. The zero-order valence-electron chi connectivity index (χ0n) is 13.9. The number of aromatic nitrogens is 2. The van der Waals surface area contributed by atoms with E-state index in [4.69, 9.17) is 10.6 Å². The van der Waals surface area contributed by atoms with Gasteiger partial charge in [-0.25, -0.2) is 4.79 Å². The number of nitrogens with zero attached hydrogens (tertiary/aromatic N) is 3. The summed E-state index contributed by atoms with van der Waals surface area (Å²) in [6, 6.07) is 0.925. The molecule has 0 aromatic carbocycles. The number of nitrogens with two attached hydrogens (primary N) is 1. The van der Waals surface area contributed by atoms with E-state index in [0.29, 0.717) is 24.0 Å². The van der Waals surface area contributed by atoms with Gasteiger partial charge in [0, 0.05) is 5.69 Å². The molecule has 2 bridgehead atoms. The minimum Gasteiger partial charge on any atom is -0.383 e. The van der Waals surface area contributed by atoms with Crippen LogP contribution < -0.4 is 5.73 Å². The van der Waals surface area contributed by atoms with E-state index in [9.17, 15) is 18.0 Å². The number of aryl methyl sites for hydroxylation is 1. The largest absolute Gasteiger partial charge is 0.435 e. The number of alkyl halides is 3. The summed E-state index contributed by atoms with van der Waals surface area (Å²) in [5, 5.41) is 6.99. The molecule has 0 aliphatic heterocycles. The monoisotopic (exact) mass is 358 g/mol. The Kier molecular flexibility index (Phi) is 4.75. The van der Waals surface area contributed by atoms with E-state index in [1.807, 2.05) is 0 Å². The molecule has 9 heteroatoms. The van der Waals surface area contributed by atoms with E-state index in [0.717, 1.165) is 23.1 Å². The second-order valence-electron chi connectivity index (χ2n) is 7.01. The lowest BCUT2D eigenvalue weighted by Gasteiger charge is -2.19. The van der Waals surface area contributed by atoms with Crippen LogP contribution >= 0.6 is 0 Å². The molecule has 0 saturated heterocycles. The Morgan fingerprint density at radius 1 is 1.44 bits per heavy atom. The standard InChI is InChI=1S/C16H21F3N4O2/c1-9-4-13(16(17,18)19)21-23(9)8-14(20)22-25-15(24)7-12-6-10-2-3-11(12)5-10/h4,10-12H,2-3,5-8H2,1H3,(H2,20,22)/t10-,11-,12-/m1/s1. The lowest BCUT2D eigenvalue weighted by atomic mass is 9.86. The summed E-state index contributed by atoms with van der Waals surface area (Å²) < 4.78 is 38.9. The van der Waals surface area contributed by atoms with Crippen LogP contribution in [0, 0.1) is 24.7 Å². The molecule has 0 spiro atoms. The molecule has 0 unspecified atom stereocenters. The molecule has 25 heavy (non-hydrogen) atoms. The molecule has 2 aliphatic carbocycles. The van der Waals surface area contributed by atoms with Gasteiger partial charge in [-0.15, -0.1) is 0 Å². The van der Waals surface area contributed by atoms with E-state index in [-0.39, 0.29) is 12.4 Å². The van der Waals surface area contributed by atoms with Crippen molar-refractivity contribution >= 4 is 11.8 Å². The molecule has 3 rings (SSSR count). The fourth-order valence-corrected chi connectivity index (χ4v) is 3.98. The molecule has 3 atom stereocenters. The Hall–Kier alpha value is -2.06. The Labute approximate surface area is 143 Å². The van der Waals surface area contributed by atoms with E-state index in [1.54, 1.807) is 0 Å². The topological polar surface area (TPSA) is 82.5 Å². The average Bonchev–Trinajstić information content (AvgIpc) is 3.21. The van der Waals surface area contributed by atoms with Crippen molar-refractivity contribution in [3.63, 3.8) is 0 Å². The number of carbonyl (C=O) groups is 1. The number of oxime groups is 1. The van der Waals surface area contributed by atoms with Crippen molar-refractivity contribution in [2.24, 2.45) is 28.6 Å². The van der Waals surface area contributed by atoms with E-state index >= 15 is 0 Å². The second kappa shape index (κ2) is 6.68. The summed E-state index contributed by atoms with van der Waals surface area (Å²) in [4.78, 5) is 16.7. The minimum atomic E-state index is -4.52. The van der Waals surface area contributed by atoms with Crippen molar-refractivity contribution in [1.82, 2.24) is 9.78 Å². The van der Waals surface area contributed by atoms with Crippen LogP contribution in [0.4, 0.5) is 13.2 Å². The molecule has 1 aromatic heterocycles. The summed E-state index contributed by atoms with van der Waals surface area (Å²) in [5.41, 5.74) is 4.94. The highest BCUT2D eigenvalue weighted by Crippen LogP contribution is 2.49. The van der Waals surface area contributed by atoms with Gasteiger partial charge >= 0.3 is 12.1 Å². The molecule has 1 heterocycles. The van der Waals surface area contributed by atoms with Gasteiger partial charge in [-0.1, -0.05) is 11.6 Å². The fraction of sp³-hybridized carbons (Fsp3) is 0.688. The smallest absolute Gasteiger partial charge is 0.383 e. The Balaban J connectivity index is 1.52.